The van der Waals surface area contributed by atoms with Gasteiger partial charge < -0.3 is 10.0 Å². The highest BCUT2D eigenvalue weighted by atomic mass is 16.4. The number of hydrogen-bond donors (Lipinski definition) is 1. The molecule has 6 heteroatoms. The molecule has 6 nitrogen and oxygen atoms in total. The van der Waals surface area contributed by atoms with E-state index in [1.807, 2.05) is 24.6 Å². The van der Waals surface area contributed by atoms with Crippen LogP contribution in [0.4, 0.5) is 0 Å². The summed E-state index contributed by atoms with van der Waals surface area (Å²) >= 11 is 0. The third-order valence-electron chi connectivity index (χ3n) is 3.93. The number of amides is 1. The largest absolute Gasteiger partial charge is 0.478 e. The number of carbonyl (C=O) groups excluding carboxylic acids is 1. The first kappa shape index (κ1) is 14.3. The lowest BCUT2D eigenvalue weighted by atomic mass is 10.0. The van der Waals surface area contributed by atoms with Gasteiger partial charge in [0.2, 0.25) is 0 Å². The predicted octanol–water partition coefficient (Wildman–Crippen LogP) is 1.90. The van der Waals surface area contributed by atoms with E-state index in [2.05, 4.69) is 5.10 Å². The van der Waals surface area contributed by atoms with Crippen molar-refractivity contribution in [3.8, 4) is 0 Å². The molecule has 1 aromatic heterocycles. The maximum atomic E-state index is 12.5. The Morgan fingerprint density at radius 3 is 2.36 bits per heavy atom. The summed E-state index contributed by atoms with van der Waals surface area (Å²) in [5.74, 6) is -1.32. The summed E-state index contributed by atoms with van der Waals surface area (Å²) in [6.45, 7) is 5.03. The van der Waals surface area contributed by atoms with Crippen LogP contribution in [0.3, 0.4) is 0 Å². The molecule has 114 valence electrons. The lowest BCUT2D eigenvalue weighted by Crippen LogP contribution is -2.51. The number of carboxylic acid groups (broad SMARTS) is 1. The fourth-order valence-electron chi connectivity index (χ4n) is 2.82. The van der Waals surface area contributed by atoms with Crippen molar-refractivity contribution >= 4 is 11.9 Å². The second kappa shape index (κ2) is 5.29. The molecule has 3 rings (SSSR count). The predicted molar refractivity (Wildman–Crippen MR) is 80.0 cm³/mol. The second-order valence-electron chi connectivity index (χ2n) is 5.59. The van der Waals surface area contributed by atoms with Gasteiger partial charge in [-0.3, -0.25) is 9.48 Å². The summed E-state index contributed by atoms with van der Waals surface area (Å²) in [7, 11) is 0. The first-order valence-electron chi connectivity index (χ1n) is 7.11. The minimum Gasteiger partial charge on any atom is -0.478 e. The van der Waals surface area contributed by atoms with Gasteiger partial charge in [0.05, 0.1) is 22.9 Å². The Morgan fingerprint density at radius 2 is 1.82 bits per heavy atom. The Bertz CT molecular complexity index is 745. The minimum atomic E-state index is -1.08. The molecular weight excluding hydrogens is 282 g/mol. The van der Waals surface area contributed by atoms with E-state index in [0.29, 0.717) is 13.1 Å². The summed E-state index contributed by atoms with van der Waals surface area (Å²) in [6.07, 6.45) is 0. The molecule has 1 N–H and O–H groups in total. The van der Waals surface area contributed by atoms with Gasteiger partial charge in [-0.1, -0.05) is 12.1 Å². The number of likely N-dealkylation sites (tertiary alicyclic amines) is 1. The zero-order valence-electron chi connectivity index (χ0n) is 12.5. The molecule has 1 aliphatic rings. The van der Waals surface area contributed by atoms with Crippen molar-refractivity contribution in [1.82, 2.24) is 14.7 Å². The summed E-state index contributed by atoms with van der Waals surface area (Å²) in [6, 6.07) is 8.47. The fourth-order valence-corrected chi connectivity index (χ4v) is 2.82. The van der Waals surface area contributed by atoms with E-state index in [4.69, 9.17) is 0 Å². The first-order chi connectivity index (χ1) is 10.5. The molecule has 0 bridgehead atoms. The molecule has 0 radical (unpaired) electrons. The highest BCUT2D eigenvalue weighted by Gasteiger charge is 2.34. The van der Waals surface area contributed by atoms with E-state index in [0.717, 1.165) is 11.4 Å². The van der Waals surface area contributed by atoms with Crippen LogP contribution in [0, 0.1) is 13.8 Å². The van der Waals surface area contributed by atoms with Crippen molar-refractivity contribution in [2.45, 2.75) is 19.9 Å². The molecular formula is C16H17N3O3. The van der Waals surface area contributed by atoms with Gasteiger partial charge in [0.15, 0.2) is 0 Å². The highest BCUT2D eigenvalue weighted by molar-refractivity contribution is 6.05. The van der Waals surface area contributed by atoms with E-state index >= 15 is 0 Å². The molecule has 0 saturated carbocycles. The lowest BCUT2D eigenvalue weighted by Gasteiger charge is -2.40. The van der Waals surface area contributed by atoms with E-state index in [1.165, 1.54) is 6.07 Å². The Morgan fingerprint density at radius 1 is 1.18 bits per heavy atom. The number of rotatable bonds is 3. The Labute approximate surface area is 128 Å². The third-order valence-corrected chi connectivity index (χ3v) is 3.93. The zero-order chi connectivity index (χ0) is 15.9. The standard InChI is InChI=1S/C16H17N3O3/c1-10-7-11(2)19(17-10)12-8-18(9-12)15(20)13-5-3-4-6-14(13)16(21)22/h3-7,12H,8-9H2,1-2H3,(H,21,22). The molecule has 0 unspecified atom stereocenters. The molecule has 2 aromatic rings. The fraction of sp³-hybridized carbons (Fsp3) is 0.312. The molecule has 1 saturated heterocycles. The van der Waals surface area contributed by atoms with Crippen molar-refractivity contribution in [1.29, 1.82) is 0 Å². The van der Waals surface area contributed by atoms with Crippen LogP contribution in [-0.4, -0.2) is 44.8 Å². The van der Waals surface area contributed by atoms with Gasteiger partial charge in [0.1, 0.15) is 0 Å². The number of aryl methyl sites for hydroxylation is 2. The molecule has 22 heavy (non-hydrogen) atoms. The van der Waals surface area contributed by atoms with Crippen molar-refractivity contribution in [3.63, 3.8) is 0 Å². The number of aromatic carboxylic acids is 1. The monoisotopic (exact) mass is 299 g/mol. The minimum absolute atomic E-state index is 0.0436. The van der Waals surface area contributed by atoms with Crippen LogP contribution in [0.5, 0.6) is 0 Å². The van der Waals surface area contributed by atoms with Gasteiger partial charge in [-0.2, -0.15) is 5.10 Å². The third kappa shape index (κ3) is 2.36. The normalized spacial score (nSPS) is 14.7. The SMILES string of the molecule is Cc1cc(C)n(C2CN(C(=O)c3ccccc3C(=O)O)C2)n1. The van der Waals surface area contributed by atoms with E-state index in [1.54, 1.807) is 23.1 Å². The zero-order valence-corrected chi connectivity index (χ0v) is 12.5. The van der Waals surface area contributed by atoms with Gasteiger partial charge >= 0.3 is 5.97 Å². The van der Waals surface area contributed by atoms with Gasteiger partial charge in [-0.15, -0.1) is 0 Å². The van der Waals surface area contributed by atoms with Gasteiger partial charge in [-0.25, -0.2) is 4.79 Å². The number of benzene rings is 1. The smallest absolute Gasteiger partial charge is 0.336 e. The molecule has 0 atom stereocenters. The average molecular weight is 299 g/mol. The van der Waals surface area contributed by atoms with E-state index in [9.17, 15) is 14.7 Å². The number of hydrogen-bond acceptors (Lipinski definition) is 3. The average Bonchev–Trinajstić information content (AvgIpc) is 2.76. The van der Waals surface area contributed by atoms with E-state index < -0.39 is 5.97 Å². The summed E-state index contributed by atoms with van der Waals surface area (Å²) in [5, 5.41) is 13.6. The van der Waals surface area contributed by atoms with Gasteiger partial charge in [0.25, 0.3) is 5.91 Å². The van der Waals surface area contributed by atoms with Crippen molar-refractivity contribution in [2.24, 2.45) is 0 Å². The molecule has 1 amide bonds. The first-order valence-corrected chi connectivity index (χ1v) is 7.11. The molecule has 2 heterocycles. The van der Waals surface area contributed by atoms with Crippen LogP contribution in [0.1, 0.15) is 38.1 Å². The Balaban J connectivity index is 1.74. The Hall–Kier alpha value is -2.63. The van der Waals surface area contributed by atoms with Crippen LogP contribution in [0.15, 0.2) is 30.3 Å². The summed E-state index contributed by atoms with van der Waals surface area (Å²) < 4.78 is 1.93. The number of nitrogens with zero attached hydrogens (tertiary/aromatic N) is 3. The number of aromatic nitrogens is 2. The lowest BCUT2D eigenvalue weighted by molar-refractivity contribution is 0.0489. The van der Waals surface area contributed by atoms with Crippen LogP contribution in [0.25, 0.3) is 0 Å². The maximum absolute atomic E-state index is 12.5. The van der Waals surface area contributed by atoms with Crippen molar-refractivity contribution in [3.05, 3.63) is 52.8 Å². The van der Waals surface area contributed by atoms with Gasteiger partial charge in [-0.05, 0) is 32.0 Å². The van der Waals surface area contributed by atoms with Crippen LogP contribution in [0.2, 0.25) is 0 Å². The molecule has 1 aromatic carbocycles. The van der Waals surface area contributed by atoms with E-state index in [-0.39, 0.29) is 23.1 Å². The number of carbonyl (C=O) groups is 2. The molecule has 1 fully saturated rings. The molecule has 0 aliphatic carbocycles. The molecule has 1 aliphatic heterocycles. The molecule has 0 spiro atoms. The van der Waals surface area contributed by atoms with Crippen LogP contribution < -0.4 is 0 Å². The second-order valence-corrected chi connectivity index (χ2v) is 5.59. The summed E-state index contributed by atoms with van der Waals surface area (Å²) in [5.41, 5.74) is 2.31. The topological polar surface area (TPSA) is 75.4 Å². The van der Waals surface area contributed by atoms with Crippen LogP contribution >= 0.6 is 0 Å². The quantitative estimate of drug-likeness (QED) is 0.939. The van der Waals surface area contributed by atoms with Gasteiger partial charge in [0, 0.05) is 18.8 Å². The summed E-state index contributed by atoms with van der Waals surface area (Å²) in [4.78, 5) is 25.3. The Kier molecular flexibility index (Phi) is 3.44. The van der Waals surface area contributed by atoms with Crippen molar-refractivity contribution < 1.29 is 14.7 Å². The van der Waals surface area contributed by atoms with Crippen molar-refractivity contribution in [2.75, 3.05) is 13.1 Å². The van der Waals surface area contributed by atoms with Crippen LogP contribution in [-0.2, 0) is 0 Å². The maximum Gasteiger partial charge on any atom is 0.336 e. The number of carboxylic acids is 1. The highest BCUT2D eigenvalue weighted by Crippen LogP contribution is 2.25.